The Balaban J connectivity index is 2.22. The van der Waals surface area contributed by atoms with Gasteiger partial charge in [0.1, 0.15) is 0 Å². The van der Waals surface area contributed by atoms with Crippen LogP contribution in [0.25, 0.3) is 0 Å². The van der Waals surface area contributed by atoms with E-state index in [0.717, 1.165) is 0 Å². The molecule has 6 heteroatoms. The van der Waals surface area contributed by atoms with Crippen LogP contribution in [-0.4, -0.2) is 25.8 Å². The summed E-state index contributed by atoms with van der Waals surface area (Å²) in [5.41, 5.74) is 0.418. The van der Waals surface area contributed by atoms with Crippen LogP contribution < -0.4 is 4.72 Å². The summed E-state index contributed by atoms with van der Waals surface area (Å²) in [4.78, 5) is 0. The molecule has 1 aliphatic rings. The number of hydrogen-bond acceptors (Lipinski definition) is 2. The molecular formula is C8H9ClN2O2S. The second-order valence-corrected chi connectivity index (χ2v) is 5.06. The van der Waals surface area contributed by atoms with Crippen molar-refractivity contribution in [1.29, 1.82) is 0 Å². The summed E-state index contributed by atoms with van der Waals surface area (Å²) in [5.74, 6) is 0. The summed E-state index contributed by atoms with van der Waals surface area (Å²) >= 11 is 5.81. The van der Waals surface area contributed by atoms with E-state index in [2.05, 4.69) is 4.72 Å². The van der Waals surface area contributed by atoms with Crippen molar-refractivity contribution in [3.05, 3.63) is 29.3 Å². The van der Waals surface area contributed by atoms with Crippen molar-refractivity contribution < 1.29 is 8.42 Å². The molecule has 0 radical (unpaired) electrons. The van der Waals surface area contributed by atoms with Crippen LogP contribution in [0.1, 0.15) is 0 Å². The SMILES string of the molecule is O=S(=O)(Nc1ccccc1Cl)N1CC1. The molecule has 1 saturated heterocycles. The van der Waals surface area contributed by atoms with Gasteiger partial charge in [0, 0.05) is 13.1 Å². The predicted octanol–water partition coefficient (Wildman–Crippen LogP) is 1.31. The summed E-state index contributed by atoms with van der Waals surface area (Å²) in [6.07, 6.45) is 0. The lowest BCUT2D eigenvalue weighted by Gasteiger charge is -2.08. The Morgan fingerprint density at radius 2 is 1.93 bits per heavy atom. The summed E-state index contributed by atoms with van der Waals surface area (Å²) in [5, 5.41) is 0.401. The molecule has 76 valence electrons. The molecule has 2 rings (SSSR count). The maximum absolute atomic E-state index is 11.5. The summed E-state index contributed by atoms with van der Waals surface area (Å²) in [6.45, 7) is 1.17. The van der Waals surface area contributed by atoms with Crippen LogP contribution >= 0.6 is 11.6 Å². The third-order valence-electron chi connectivity index (χ3n) is 1.86. The summed E-state index contributed by atoms with van der Waals surface area (Å²) in [7, 11) is -3.36. The van der Waals surface area contributed by atoms with E-state index in [1.807, 2.05) is 0 Å². The normalized spacial score (nSPS) is 16.6. The Kier molecular flexibility index (Phi) is 2.38. The molecular weight excluding hydrogens is 224 g/mol. The molecule has 1 fully saturated rings. The minimum Gasteiger partial charge on any atom is -0.269 e. The Morgan fingerprint density at radius 3 is 2.50 bits per heavy atom. The average Bonchev–Trinajstić information content (AvgIpc) is 2.91. The molecule has 14 heavy (non-hydrogen) atoms. The fraction of sp³-hybridized carbons (Fsp3) is 0.250. The van der Waals surface area contributed by atoms with E-state index >= 15 is 0 Å². The molecule has 0 unspecified atom stereocenters. The van der Waals surface area contributed by atoms with Gasteiger partial charge in [0.05, 0.1) is 10.7 Å². The van der Waals surface area contributed by atoms with Crippen molar-refractivity contribution in [3.63, 3.8) is 0 Å². The van der Waals surface area contributed by atoms with E-state index in [9.17, 15) is 8.42 Å². The fourth-order valence-electron chi connectivity index (χ4n) is 1.03. The Hall–Kier alpha value is -0.780. The molecule has 0 saturated carbocycles. The van der Waals surface area contributed by atoms with Gasteiger partial charge in [-0.15, -0.1) is 0 Å². The molecule has 0 spiro atoms. The second-order valence-electron chi connectivity index (χ2n) is 2.99. The van der Waals surface area contributed by atoms with Gasteiger partial charge in [0.2, 0.25) is 0 Å². The topological polar surface area (TPSA) is 49.2 Å². The van der Waals surface area contributed by atoms with Crippen molar-refractivity contribution in [2.75, 3.05) is 17.8 Å². The molecule has 0 atom stereocenters. The maximum Gasteiger partial charge on any atom is 0.301 e. The zero-order valence-electron chi connectivity index (χ0n) is 7.27. The molecule has 1 N–H and O–H groups in total. The summed E-state index contributed by atoms with van der Waals surface area (Å²) in [6, 6.07) is 6.74. The molecule has 1 heterocycles. The number of para-hydroxylation sites is 1. The van der Waals surface area contributed by atoms with Crippen molar-refractivity contribution in [2.45, 2.75) is 0 Å². The van der Waals surface area contributed by atoms with Gasteiger partial charge < -0.3 is 0 Å². The van der Waals surface area contributed by atoms with E-state index in [0.29, 0.717) is 23.8 Å². The Bertz CT molecular complexity index is 442. The van der Waals surface area contributed by atoms with Crippen molar-refractivity contribution in [2.24, 2.45) is 0 Å². The molecule has 0 aromatic heterocycles. The lowest BCUT2D eigenvalue weighted by Crippen LogP contribution is -2.21. The zero-order chi connectivity index (χ0) is 10.2. The van der Waals surface area contributed by atoms with E-state index in [1.54, 1.807) is 24.3 Å². The van der Waals surface area contributed by atoms with E-state index in [1.165, 1.54) is 4.31 Å². The van der Waals surface area contributed by atoms with Gasteiger partial charge in [-0.3, -0.25) is 4.72 Å². The van der Waals surface area contributed by atoms with Crippen molar-refractivity contribution in [1.82, 2.24) is 4.31 Å². The third-order valence-corrected chi connectivity index (χ3v) is 3.71. The molecule has 0 aliphatic carbocycles. The number of benzene rings is 1. The van der Waals surface area contributed by atoms with Crippen LogP contribution in [-0.2, 0) is 10.2 Å². The van der Waals surface area contributed by atoms with Gasteiger partial charge >= 0.3 is 10.2 Å². The predicted molar refractivity (Wildman–Crippen MR) is 55.6 cm³/mol. The molecule has 4 nitrogen and oxygen atoms in total. The Labute approximate surface area is 87.7 Å². The highest BCUT2D eigenvalue weighted by Gasteiger charge is 2.31. The molecule has 1 aromatic carbocycles. The lowest BCUT2D eigenvalue weighted by atomic mass is 10.3. The quantitative estimate of drug-likeness (QED) is 0.799. The first-order valence-electron chi connectivity index (χ1n) is 4.12. The third kappa shape index (κ3) is 2.00. The zero-order valence-corrected chi connectivity index (χ0v) is 8.85. The van der Waals surface area contributed by atoms with E-state index in [4.69, 9.17) is 11.6 Å². The number of halogens is 1. The van der Waals surface area contributed by atoms with E-state index < -0.39 is 10.2 Å². The monoisotopic (exact) mass is 232 g/mol. The minimum atomic E-state index is -3.36. The van der Waals surface area contributed by atoms with Gasteiger partial charge in [-0.25, -0.2) is 0 Å². The van der Waals surface area contributed by atoms with Crippen LogP contribution in [0, 0.1) is 0 Å². The van der Waals surface area contributed by atoms with Crippen LogP contribution in [0.3, 0.4) is 0 Å². The van der Waals surface area contributed by atoms with Crippen LogP contribution in [0.4, 0.5) is 5.69 Å². The largest absolute Gasteiger partial charge is 0.301 e. The lowest BCUT2D eigenvalue weighted by molar-refractivity contribution is 0.569. The fourth-order valence-corrected chi connectivity index (χ4v) is 2.42. The van der Waals surface area contributed by atoms with Gasteiger partial charge in [-0.2, -0.15) is 12.7 Å². The highest BCUT2D eigenvalue weighted by molar-refractivity contribution is 7.90. The average molecular weight is 233 g/mol. The molecule has 0 bridgehead atoms. The molecule has 1 aliphatic heterocycles. The van der Waals surface area contributed by atoms with Crippen molar-refractivity contribution >= 4 is 27.5 Å². The highest BCUT2D eigenvalue weighted by Crippen LogP contribution is 2.23. The van der Waals surface area contributed by atoms with E-state index in [-0.39, 0.29) is 0 Å². The maximum atomic E-state index is 11.5. The van der Waals surface area contributed by atoms with Crippen LogP contribution in [0.5, 0.6) is 0 Å². The van der Waals surface area contributed by atoms with Gasteiger partial charge in [-0.05, 0) is 12.1 Å². The first-order valence-corrected chi connectivity index (χ1v) is 5.94. The van der Waals surface area contributed by atoms with Gasteiger partial charge in [0.15, 0.2) is 0 Å². The molecule has 1 aromatic rings. The first kappa shape index (κ1) is 9.76. The molecule has 0 amide bonds. The second kappa shape index (κ2) is 3.42. The van der Waals surface area contributed by atoms with Crippen molar-refractivity contribution in [3.8, 4) is 0 Å². The minimum absolute atomic E-state index is 0.401. The number of rotatable bonds is 3. The number of hydrogen-bond donors (Lipinski definition) is 1. The summed E-state index contributed by atoms with van der Waals surface area (Å²) < 4.78 is 26.7. The number of nitrogens with one attached hydrogen (secondary N) is 1. The first-order chi connectivity index (χ1) is 6.59. The highest BCUT2D eigenvalue weighted by atomic mass is 35.5. The number of nitrogens with zero attached hydrogens (tertiary/aromatic N) is 1. The standard InChI is InChI=1S/C8H9ClN2O2S/c9-7-3-1-2-4-8(7)10-14(12,13)11-5-6-11/h1-4,10H,5-6H2. The van der Waals surface area contributed by atoms with Gasteiger partial charge in [0.25, 0.3) is 0 Å². The van der Waals surface area contributed by atoms with Gasteiger partial charge in [-0.1, -0.05) is 23.7 Å². The smallest absolute Gasteiger partial charge is 0.269 e. The number of anilines is 1. The Morgan fingerprint density at radius 1 is 1.29 bits per heavy atom. The van der Waals surface area contributed by atoms with Crippen LogP contribution in [0.15, 0.2) is 24.3 Å². The van der Waals surface area contributed by atoms with Crippen LogP contribution in [0.2, 0.25) is 5.02 Å².